The average Bonchev–Trinajstić information content (AvgIpc) is 3.29. The van der Waals surface area contributed by atoms with Crippen LogP contribution < -0.4 is 19.7 Å². The van der Waals surface area contributed by atoms with Gasteiger partial charge in [0.1, 0.15) is 24.1 Å². The minimum absolute atomic E-state index is 0.0115. The van der Waals surface area contributed by atoms with Gasteiger partial charge in [0, 0.05) is 37.1 Å². The lowest BCUT2D eigenvalue weighted by atomic mass is 9.98. The van der Waals surface area contributed by atoms with Crippen LogP contribution in [0.2, 0.25) is 0 Å². The molecule has 5 rings (SSSR count). The van der Waals surface area contributed by atoms with Gasteiger partial charge in [0.05, 0.1) is 33.1 Å². The summed E-state index contributed by atoms with van der Waals surface area (Å²) < 4.78 is 22.2. The predicted molar refractivity (Wildman–Crippen MR) is 146 cm³/mol. The number of nitrogens with zero attached hydrogens (tertiary/aromatic N) is 1. The third-order valence-electron chi connectivity index (χ3n) is 7.29. The van der Waals surface area contributed by atoms with Gasteiger partial charge in [-0.25, -0.2) is 9.59 Å². The van der Waals surface area contributed by atoms with Crippen LogP contribution >= 0.6 is 0 Å². The molecule has 1 saturated heterocycles. The van der Waals surface area contributed by atoms with Crippen LogP contribution in [0.5, 0.6) is 11.5 Å². The highest BCUT2D eigenvalue weighted by Crippen LogP contribution is 2.44. The fourth-order valence-electron chi connectivity index (χ4n) is 5.36. The molecule has 1 fully saturated rings. The van der Waals surface area contributed by atoms with Gasteiger partial charge < -0.3 is 34.3 Å². The number of nitrogens with one attached hydrogen (secondary N) is 1. The summed E-state index contributed by atoms with van der Waals surface area (Å²) in [5.74, 6) is -0.193. The average molecular weight is 533 g/mol. The summed E-state index contributed by atoms with van der Waals surface area (Å²) in [6.07, 6.45) is -0.803. The maximum Gasteiger partial charge on any atom is 0.407 e. The van der Waals surface area contributed by atoms with E-state index < -0.39 is 18.1 Å². The van der Waals surface area contributed by atoms with E-state index in [2.05, 4.69) is 22.3 Å². The van der Waals surface area contributed by atoms with E-state index in [1.807, 2.05) is 42.5 Å². The molecule has 204 valence electrons. The third kappa shape index (κ3) is 5.49. The highest BCUT2D eigenvalue weighted by atomic mass is 16.5. The van der Waals surface area contributed by atoms with E-state index in [0.29, 0.717) is 43.4 Å². The fourth-order valence-corrected chi connectivity index (χ4v) is 5.36. The summed E-state index contributed by atoms with van der Waals surface area (Å²) in [5.41, 5.74) is 5.84. The zero-order valence-electron chi connectivity index (χ0n) is 22.0. The minimum atomic E-state index is -1.23. The first kappa shape index (κ1) is 26.4. The zero-order chi connectivity index (χ0) is 27.4. The fraction of sp³-hybridized carbons (Fsp3) is 0.333. The minimum Gasteiger partial charge on any atom is -0.496 e. The van der Waals surface area contributed by atoms with E-state index in [1.165, 1.54) is 7.11 Å². The largest absolute Gasteiger partial charge is 0.496 e. The molecule has 1 amide bonds. The Hall–Kier alpha value is -4.24. The highest BCUT2D eigenvalue weighted by molar-refractivity contribution is 5.81. The number of fused-ring (bicyclic) bond motifs is 3. The van der Waals surface area contributed by atoms with Crippen molar-refractivity contribution in [2.45, 2.75) is 18.4 Å². The molecule has 3 aromatic rings. The van der Waals surface area contributed by atoms with Crippen LogP contribution in [0.3, 0.4) is 0 Å². The maximum atomic E-state index is 12.8. The molecule has 0 spiro atoms. The van der Waals surface area contributed by atoms with E-state index in [4.69, 9.17) is 18.9 Å². The molecule has 1 aliphatic carbocycles. The lowest BCUT2D eigenvalue weighted by Gasteiger charge is -2.31. The Labute approximate surface area is 227 Å². The third-order valence-corrected chi connectivity index (χ3v) is 7.29. The summed E-state index contributed by atoms with van der Waals surface area (Å²) in [6, 6.07) is 18.4. The second-order valence-corrected chi connectivity index (χ2v) is 9.50. The number of carbonyl (C=O) groups is 2. The number of hydrogen-bond acceptors (Lipinski definition) is 7. The van der Waals surface area contributed by atoms with Gasteiger partial charge in [0.2, 0.25) is 0 Å². The van der Waals surface area contributed by atoms with Crippen molar-refractivity contribution in [2.24, 2.45) is 0 Å². The lowest BCUT2D eigenvalue weighted by molar-refractivity contribution is -0.139. The Balaban J connectivity index is 1.29. The van der Waals surface area contributed by atoms with E-state index in [0.717, 1.165) is 27.9 Å². The Bertz CT molecular complexity index is 1310. The van der Waals surface area contributed by atoms with Crippen LogP contribution in [0.1, 0.15) is 22.6 Å². The molecular formula is C30H32N2O7. The van der Waals surface area contributed by atoms with Crippen molar-refractivity contribution in [3.8, 4) is 22.6 Å². The van der Waals surface area contributed by atoms with Crippen molar-refractivity contribution < 1.29 is 33.6 Å². The molecule has 1 unspecified atom stereocenters. The number of morpholine rings is 1. The van der Waals surface area contributed by atoms with Crippen molar-refractivity contribution in [3.05, 3.63) is 77.4 Å². The smallest absolute Gasteiger partial charge is 0.407 e. The van der Waals surface area contributed by atoms with Crippen LogP contribution in [-0.2, 0) is 20.7 Å². The molecule has 0 aromatic heterocycles. The Morgan fingerprint density at radius 3 is 2.18 bits per heavy atom. The number of hydrogen-bond donors (Lipinski definition) is 2. The molecule has 1 heterocycles. The van der Waals surface area contributed by atoms with Crippen molar-refractivity contribution in [3.63, 3.8) is 0 Å². The van der Waals surface area contributed by atoms with Crippen LogP contribution in [0.25, 0.3) is 11.1 Å². The summed E-state index contributed by atoms with van der Waals surface area (Å²) in [6.45, 7) is 2.73. The number of benzene rings is 3. The summed E-state index contributed by atoms with van der Waals surface area (Å²) in [4.78, 5) is 27.1. The van der Waals surface area contributed by atoms with Crippen molar-refractivity contribution in [1.29, 1.82) is 0 Å². The standard InChI is InChI=1S/C30H32N2O7/c1-36-27-17-26(32-11-13-38-14-12-32)28(37-2)16-19(27)15-25(29(33)34)31-30(35)39-18-24-22-9-5-3-7-20(22)21-8-4-6-10-23(21)24/h3-10,16-17,24-25H,11-15,18H2,1-2H3,(H,31,35)(H,33,34). The Kier molecular flexibility index (Phi) is 7.88. The summed E-state index contributed by atoms with van der Waals surface area (Å²) in [7, 11) is 3.10. The first-order valence-corrected chi connectivity index (χ1v) is 12.9. The number of carbonyl (C=O) groups excluding carboxylic acids is 1. The number of ether oxygens (including phenoxy) is 4. The molecule has 2 aliphatic rings. The van der Waals surface area contributed by atoms with Crippen molar-refractivity contribution >= 4 is 17.7 Å². The highest BCUT2D eigenvalue weighted by Gasteiger charge is 2.30. The normalized spacial score (nSPS) is 15.2. The number of alkyl carbamates (subject to hydrolysis) is 1. The van der Waals surface area contributed by atoms with Gasteiger partial charge in [-0.1, -0.05) is 48.5 Å². The molecule has 2 N–H and O–H groups in total. The molecule has 0 bridgehead atoms. The van der Waals surface area contributed by atoms with Crippen molar-refractivity contribution in [1.82, 2.24) is 5.32 Å². The monoisotopic (exact) mass is 532 g/mol. The number of carboxylic acid groups (broad SMARTS) is 1. The second kappa shape index (κ2) is 11.7. The zero-order valence-corrected chi connectivity index (χ0v) is 22.0. The predicted octanol–water partition coefficient (Wildman–Crippen LogP) is 4.07. The summed E-state index contributed by atoms with van der Waals surface area (Å²) >= 11 is 0. The molecular weight excluding hydrogens is 500 g/mol. The number of rotatable bonds is 9. The van der Waals surface area contributed by atoms with Gasteiger partial charge in [0.25, 0.3) is 0 Å². The first-order valence-electron chi connectivity index (χ1n) is 12.9. The van der Waals surface area contributed by atoms with Crippen LogP contribution in [0, 0.1) is 0 Å². The molecule has 9 heteroatoms. The van der Waals surface area contributed by atoms with Crippen molar-refractivity contribution in [2.75, 3.05) is 52.0 Å². The second-order valence-electron chi connectivity index (χ2n) is 9.50. The SMILES string of the molecule is COc1cc(N2CCOCC2)c(OC)cc1CC(NC(=O)OCC1c2ccccc2-c2ccccc21)C(=O)O. The number of anilines is 1. The van der Waals surface area contributed by atoms with E-state index in [-0.39, 0.29) is 18.9 Å². The van der Waals surface area contributed by atoms with E-state index in [1.54, 1.807) is 13.2 Å². The number of amides is 1. The summed E-state index contributed by atoms with van der Waals surface area (Å²) in [5, 5.41) is 12.4. The molecule has 3 aromatic carbocycles. The van der Waals surface area contributed by atoms with Gasteiger partial charge in [-0.15, -0.1) is 0 Å². The van der Waals surface area contributed by atoms with E-state index in [9.17, 15) is 14.7 Å². The Morgan fingerprint density at radius 2 is 1.59 bits per heavy atom. The Morgan fingerprint density at radius 1 is 0.974 bits per heavy atom. The topological polar surface area (TPSA) is 107 Å². The first-order chi connectivity index (χ1) is 19.0. The molecule has 1 aliphatic heterocycles. The van der Waals surface area contributed by atoms with Crippen LogP contribution in [-0.4, -0.2) is 70.3 Å². The quantitative estimate of drug-likeness (QED) is 0.425. The molecule has 0 radical (unpaired) electrons. The maximum absolute atomic E-state index is 12.8. The van der Waals surface area contributed by atoms with Crippen LogP contribution in [0.4, 0.5) is 10.5 Å². The number of aliphatic carboxylic acids is 1. The van der Waals surface area contributed by atoms with Gasteiger partial charge in [-0.2, -0.15) is 0 Å². The van der Waals surface area contributed by atoms with Gasteiger partial charge in [0.15, 0.2) is 0 Å². The molecule has 0 saturated carbocycles. The molecule has 9 nitrogen and oxygen atoms in total. The number of carboxylic acids is 1. The van der Waals surface area contributed by atoms with Gasteiger partial charge >= 0.3 is 12.1 Å². The van der Waals surface area contributed by atoms with Crippen LogP contribution in [0.15, 0.2) is 60.7 Å². The lowest BCUT2D eigenvalue weighted by Crippen LogP contribution is -2.43. The molecule has 39 heavy (non-hydrogen) atoms. The van der Waals surface area contributed by atoms with E-state index >= 15 is 0 Å². The molecule has 1 atom stereocenters. The van der Waals surface area contributed by atoms with Gasteiger partial charge in [-0.05, 0) is 28.3 Å². The number of methoxy groups -OCH3 is 2. The van der Waals surface area contributed by atoms with Gasteiger partial charge in [-0.3, -0.25) is 0 Å².